The molecular weight excluding hydrogens is 224 g/mol. The van der Waals surface area contributed by atoms with Crippen LogP contribution in [0.3, 0.4) is 0 Å². The van der Waals surface area contributed by atoms with Gasteiger partial charge in [-0.05, 0) is 13.0 Å². The van der Waals surface area contributed by atoms with Crippen molar-refractivity contribution in [2.45, 2.75) is 13.0 Å². The Labute approximate surface area is 95.5 Å². The normalized spacial score (nSPS) is 10.6. The summed E-state index contributed by atoms with van der Waals surface area (Å²) in [6.07, 6.45) is 3.74. The predicted octanol–water partition coefficient (Wildman–Crippen LogP) is -1.33. The smallest absolute Gasteiger partial charge is 0.325 e. The molecule has 0 fully saturated rings. The molecule has 0 aliphatic heterocycles. The zero-order valence-corrected chi connectivity index (χ0v) is 9.01. The number of nitrogens with two attached hydrogens (primary N) is 1. The van der Waals surface area contributed by atoms with Gasteiger partial charge < -0.3 is 10.7 Å². The molecule has 0 spiro atoms. The molecule has 0 unspecified atom stereocenters. The Bertz CT molecular complexity index is 610. The molecule has 0 amide bonds. The van der Waals surface area contributed by atoms with Crippen LogP contribution < -0.4 is 17.0 Å². The molecule has 0 saturated carbocycles. The van der Waals surface area contributed by atoms with Gasteiger partial charge in [-0.15, -0.1) is 5.10 Å². The molecule has 0 aliphatic carbocycles. The Hall–Kier alpha value is -2.22. The fourth-order valence-electron chi connectivity index (χ4n) is 1.38. The maximum absolute atomic E-state index is 11.5. The Morgan fingerprint density at radius 2 is 2.24 bits per heavy atom. The van der Waals surface area contributed by atoms with E-state index < -0.39 is 11.2 Å². The maximum Gasteiger partial charge on any atom is 0.325 e. The van der Waals surface area contributed by atoms with Crippen LogP contribution >= 0.6 is 0 Å². The van der Waals surface area contributed by atoms with Gasteiger partial charge in [-0.25, -0.2) is 4.79 Å². The summed E-state index contributed by atoms with van der Waals surface area (Å²) in [5.74, 6) is 0. The third kappa shape index (κ3) is 2.48. The summed E-state index contributed by atoms with van der Waals surface area (Å²) in [6, 6.07) is 0. The molecule has 8 heteroatoms. The highest BCUT2D eigenvalue weighted by Gasteiger charge is 2.08. The number of nitrogens with zero attached hydrogens (tertiary/aromatic N) is 3. The summed E-state index contributed by atoms with van der Waals surface area (Å²) in [4.78, 5) is 26.9. The largest absolute Gasteiger partial charge is 0.330 e. The third-order valence-corrected chi connectivity index (χ3v) is 2.23. The molecule has 2 aromatic rings. The van der Waals surface area contributed by atoms with E-state index >= 15 is 0 Å². The standard InChI is InChI=1S/C9H12N6O2/c10-2-1-3-15-5-7(13-14-15)6-4-11-9(17)12-8(6)16/h4-5H,1-3,10H2,(H2,11,12,16,17). The van der Waals surface area contributed by atoms with Gasteiger partial charge in [-0.3, -0.25) is 14.5 Å². The van der Waals surface area contributed by atoms with Crippen LogP contribution in [0, 0.1) is 0 Å². The Balaban J connectivity index is 2.30. The van der Waals surface area contributed by atoms with Crippen LogP contribution in [0.15, 0.2) is 22.0 Å². The minimum Gasteiger partial charge on any atom is -0.330 e. The van der Waals surface area contributed by atoms with Gasteiger partial charge in [-0.1, -0.05) is 5.21 Å². The van der Waals surface area contributed by atoms with Crippen LogP contribution in [0.2, 0.25) is 0 Å². The highest BCUT2D eigenvalue weighted by Crippen LogP contribution is 2.08. The average molecular weight is 236 g/mol. The van der Waals surface area contributed by atoms with Gasteiger partial charge >= 0.3 is 5.69 Å². The minimum absolute atomic E-state index is 0.281. The first kappa shape index (κ1) is 11.3. The number of rotatable bonds is 4. The van der Waals surface area contributed by atoms with Gasteiger partial charge in [0.05, 0.1) is 11.8 Å². The van der Waals surface area contributed by atoms with Crippen molar-refractivity contribution >= 4 is 0 Å². The minimum atomic E-state index is -0.547. The molecule has 0 saturated heterocycles. The van der Waals surface area contributed by atoms with Crippen molar-refractivity contribution in [2.75, 3.05) is 6.54 Å². The topological polar surface area (TPSA) is 122 Å². The van der Waals surface area contributed by atoms with Crippen molar-refractivity contribution in [2.24, 2.45) is 5.73 Å². The van der Waals surface area contributed by atoms with Gasteiger partial charge in [0, 0.05) is 12.7 Å². The van der Waals surface area contributed by atoms with Crippen molar-refractivity contribution in [1.82, 2.24) is 25.0 Å². The summed E-state index contributed by atoms with van der Waals surface area (Å²) in [6.45, 7) is 1.21. The number of hydrogen-bond acceptors (Lipinski definition) is 5. The van der Waals surface area contributed by atoms with E-state index in [0.717, 1.165) is 6.42 Å². The molecule has 8 nitrogen and oxygen atoms in total. The van der Waals surface area contributed by atoms with Gasteiger partial charge in [0.25, 0.3) is 5.56 Å². The first-order valence-corrected chi connectivity index (χ1v) is 5.13. The second kappa shape index (κ2) is 4.74. The number of hydrogen-bond donors (Lipinski definition) is 3. The van der Waals surface area contributed by atoms with Gasteiger partial charge in [0.15, 0.2) is 0 Å². The number of H-pyrrole nitrogens is 2. The number of aromatic amines is 2. The number of aromatic nitrogens is 5. The van der Waals surface area contributed by atoms with Gasteiger partial charge in [0.2, 0.25) is 0 Å². The second-order valence-electron chi connectivity index (χ2n) is 3.49. The molecular formula is C9H12N6O2. The van der Waals surface area contributed by atoms with E-state index in [9.17, 15) is 9.59 Å². The monoisotopic (exact) mass is 236 g/mol. The SMILES string of the molecule is NCCCn1cc(-c2c[nH]c(=O)[nH]c2=O)nn1. The van der Waals surface area contributed by atoms with Crippen molar-refractivity contribution in [3.05, 3.63) is 33.2 Å². The van der Waals surface area contributed by atoms with Crippen LogP contribution in [0.5, 0.6) is 0 Å². The van der Waals surface area contributed by atoms with E-state index in [1.165, 1.54) is 6.20 Å². The molecule has 0 radical (unpaired) electrons. The lowest BCUT2D eigenvalue weighted by Gasteiger charge is -1.95. The molecule has 0 bridgehead atoms. The number of nitrogens with one attached hydrogen (secondary N) is 2. The summed E-state index contributed by atoms with van der Waals surface area (Å²) in [5, 5.41) is 7.72. The van der Waals surface area contributed by atoms with Crippen LogP contribution in [0.25, 0.3) is 11.3 Å². The quantitative estimate of drug-likeness (QED) is 0.607. The first-order valence-electron chi connectivity index (χ1n) is 5.13. The molecule has 0 aliphatic rings. The Morgan fingerprint density at radius 1 is 1.41 bits per heavy atom. The average Bonchev–Trinajstić information content (AvgIpc) is 2.75. The lowest BCUT2D eigenvalue weighted by Crippen LogP contribution is -2.22. The molecule has 4 N–H and O–H groups in total. The van der Waals surface area contributed by atoms with Crippen molar-refractivity contribution < 1.29 is 0 Å². The summed E-state index contributed by atoms with van der Waals surface area (Å²) >= 11 is 0. The van der Waals surface area contributed by atoms with E-state index in [0.29, 0.717) is 18.8 Å². The lowest BCUT2D eigenvalue weighted by atomic mass is 10.2. The van der Waals surface area contributed by atoms with E-state index in [1.54, 1.807) is 10.9 Å². The Morgan fingerprint density at radius 3 is 2.94 bits per heavy atom. The van der Waals surface area contributed by atoms with Crippen LogP contribution in [0.4, 0.5) is 0 Å². The van der Waals surface area contributed by atoms with Gasteiger partial charge in [-0.2, -0.15) is 0 Å². The highest BCUT2D eigenvalue weighted by molar-refractivity contribution is 5.54. The van der Waals surface area contributed by atoms with Crippen LogP contribution in [-0.2, 0) is 6.54 Å². The van der Waals surface area contributed by atoms with Crippen molar-refractivity contribution in [3.8, 4) is 11.3 Å². The van der Waals surface area contributed by atoms with Crippen molar-refractivity contribution in [3.63, 3.8) is 0 Å². The maximum atomic E-state index is 11.5. The molecule has 17 heavy (non-hydrogen) atoms. The fourth-order valence-corrected chi connectivity index (χ4v) is 1.38. The van der Waals surface area contributed by atoms with E-state index in [-0.39, 0.29) is 5.56 Å². The van der Waals surface area contributed by atoms with Gasteiger partial charge in [0.1, 0.15) is 5.69 Å². The first-order chi connectivity index (χ1) is 8.20. The third-order valence-electron chi connectivity index (χ3n) is 2.23. The zero-order chi connectivity index (χ0) is 12.3. The molecule has 2 rings (SSSR count). The Kier molecular flexibility index (Phi) is 3.15. The molecule has 0 aromatic carbocycles. The number of aryl methyl sites for hydroxylation is 1. The molecule has 90 valence electrons. The zero-order valence-electron chi connectivity index (χ0n) is 9.01. The lowest BCUT2D eigenvalue weighted by molar-refractivity contribution is 0.564. The fraction of sp³-hybridized carbons (Fsp3) is 0.333. The molecule has 2 aromatic heterocycles. The molecule has 2 heterocycles. The van der Waals surface area contributed by atoms with E-state index in [1.807, 2.05) is 0 Å². The summed E-state index contributed by atoms with van der Waals surface area (Å²) in [5.41, 5.74) is 5.04. The summed E-state index contributed by atoms with van der Waals surface area (Å²) in [7, 11) is 0. The van der Waals surface area contributed by atoms with Crippen LogP contribution in [0.1, 0.15) is 6.42 Å². The van der Waals surface area contributed by atoms with E-state index in [2.05, 4.69) is 20.3 Å². The van der Waals surface area contributed by atoms with Crippen LogP contribution in [-0.4, -0.2) is 31.5 Å². The predicted molar refractivity (Wildman–Crippen MR) is 60.4 cm³/mol. The second-order valence-corrected chi connectivity index (χ2v) is 3.49. The van der Waals surface area contributed by atoms with Crippen molar-refractivity contribution in [1.29, 1.82) is 0 Å². The summed E-state index contributed by atoms with van der Waals surface area (Å²) < 4.78 is 1.60. The molecule has 0 atom stereocenters. The highest BCUT2D eigenvalue weighted by atomic mass is 16.2. The van der Waals surface area contributed by atoms with E-state index in [4.69, 9.17) is 5.73 Å².